The lowest BCUT2D eigenvalue weighted by Crippen LogP contribution is -2.00. The first-order chi connectivity index (χ1) is 11.1. The lowest BCUT2D eigenvalue weighted by atomic mass is 9.87. The van der Waals surface area contributed by atoms with Gasteiger partial charge < -0.3 is 0 Å². The number of rotatable bonds is 2. The highest BCUT2D eigenvalue weighted by Gasteiger charge is 2.12. The molecule has 0 unspecified atom stereocenters. The number of hydrogen-bond donors (Lipinski definition) is 0. The molecule has 0 bridgehead atoms. The van der Waals surface area contributed by atoms with Crippen molar-refractivity contribution in [2.24, 2.45) is 0 Å². The Morgan fingerprint density at radius 1 is 0.292 bits per heavy atom. The summed E-state index contributed by atoms with van der Waals surface area (Å²) in [4.78, 5) is 0. The summed E-state index contributed by atoms with van der Waals surface area (Å²) in [5, 5.41) is 0. The minimum atomic E-state index is 1.38. The SMILES string of the molecule is Cc1c(C)c(C)c(C=Cc2c(C)c(C)c(C)c(C)c2C)c(C)c1C. The van der Waals surface area contributed by atoms with Crippen molar-refractivity contribution in [3.05, 3.63) is 66.8 Å². The van der Waals surface area contributed by atoms with E-state index in [-0.39, 0.29) is 0 Å². The molecular weight excluding hydrogens is 288 g/mol. The summed E-state index contributed by atoms with van der Waals surface area (Å²) < 4.78 is 0. The third-order valence-electron chi connectivity index (χ3n) is 6.53. The Bertz CT molecular complexity index is 716. The van der Waals surface area contributed by atoms with Gasteiger partial charge in [0.1, 0.15) is 0 Å². The summed E-state index contributed by atoms with van der Waals surface area (Å²) in [6.07, 6.45) is 4.65. The Labute approximate surface area is 148 Å². The van der Waals surface area contributed by atoms with E-state index in [4.69, 9.17) is 0 Å². The van der Waals surface area contributed by atoms with E-state index in [2.05, 4.69) is 81.4 Å². The molecule has 2 aromatic rings. The standard InChI is InChI=1S/C24H32/c1-13-15(3)19(7)23(20(8)16(13)4)11-12-24-21(9)17(5)14(2)18(6)22(24)10/h11-12H,1-10H3. The Balaban J connectivity index is 2.67. The zero-order chi connectivity index (χ0) is 18.3. The maximum absolute atomic E-state index is 2.33. The van der Waals surface area contributed by atoms with Crippen molar-refractivity contribution < 1.29 is 0 Å². The Morgan fingerprint density at radius 2 is 0.458 bits per heavy atom. The molecule has 2 aromatic carbocycles. The molecule has 0 heteroatoms. The van der Waals surface area contributed by atoms with Crippen LogP contribution in [-0.4, -0.2) is 0 Å². The lowest BCUT2D eigenvalue weighted by Gasteiger charge is -2.18. The monoisotopic (exact) mass is 320 g/mol. The predicted octanol–water partition coefficient (Wildman–Crippen LogP) is 6.94. The molecular formula is C24H32. The lowest BCUT2D eigenvalue weighted by molar-refractivity contribution is 1.16. The zero-order valence-corrected chi connectivity index (χ0v) is 17.2. The first-order valence-corrected chi connectivity index (χ1v) is 8.91. The van der Waals surface area contributed by atoms with Gasteiger partial charge in [-0.2, -0.15) is 0 Å². The van der Waals surface area contributed by atoms with Crippen molar-refractivity contribution in [2.45, 2.75) is 69.2 Å². The molecule has 0 fully saturated rings. The summed E-state index contributed by atoms with van der Waals surface area (Å²) in [5.74, 6) is 0. The van der Waals surface area contributed by atoms with Crippen molar-refractivity contribution in [1.82, 2.24) is 0 Å². The third kappa shape index (κ3) is 2.83. The molecule has 0 amide bonds. The van der Waals surface area contributed by atoms with Gasteiger partial charge in [0.05, 0.1) is 0 Å². The van der Waals surface area contributed by atoms with Crippen LogP contribution in [0.15, 0.2) is 0 Å². The van der Waals surface area contributed by atoms with Crippen LogP contribution in [0.25, 0.3) is 12.2 Å². The molecule has 0 aliphatic carbocycles. The van der Waals surface area contributed by atoms with Crippen LogP contribution in [0.1, 0.15) is 66.8 Å². The van der Waals surface area contributed by atoms with Gasteiger partial charge in [0.25, 0.3) is 0 Å². The summed E-state index contributed by atoms with van der Waals surface area (Å²) in [5.41, 5.74) is 16.9. The van der Waals surface area contributed by atoms with Gasteiger partial charge >= 0.3 is 0 Å². The highest BCUT2D eigenvalue weighted by molar-refractivity contribution is 5.78. The van der Waals surface area contributed by atoms with Crippen LogP contribution in [0, 0.1) is 69.2 Å². The molecule has 0 N–H and O–H groups in total. The van der Waals surface area contributed by atoms with Gasteiger partial charge in [0, 0.05) is 0 Å². The highest BCUT2D eigenvalue weighted by Crippen LogP contribution is 2.30. The van der Waals surface area contributed by atoms with E-state index >= 15 is 0 Å². The first kappa shape index (κ1) is 18.5. The fourth-order valence-corrected chi connectivity index (χ4v) is 3.72. The molecule has 0 saturated carbocycles. The quantitative estimate of drug-likeness (QED) is 0.526. The molecule has 0 aliphatic rings. The largest absolute Gasteiger partial charge is 0.0538 e. The third-order valence-corrected chi connectivity index (χ3v) is 6.53. The van der Waals surface area contributed by atoms with Gasteiger partial charge in [-0.05, 0) is 136 Å². The second-order valence-corrected chi connectivity index (χ2v) is 7.41. The summed E-state index contributed by atoms with van der Waals surface area (Å²) in [7, 11) is 0. The minimum absolute atomic E-state index is 1.38. The van der Waals surface area contributed by atoms with Crippen LogP contribution in [-0.2, 0) is 0 Å². The van der Waals surface area contributed by atoms with E-state index in [9.17, 15) is 0 Å². The van der Waals surface area contributed by atoms with Gasteiger partial charge in [-0.3, -0.25) is 0 Å². The molecule has 0 heterocycles. The van der Waals surface area contributed by atoms with Crippen LogP contribution in [0.4, 0.5) is 0 Å². The van der Waals surface area contributed by atoms with E-state index in [1.54, 1.807) is 0 Å². The van der Waals surface area contributed by atoms with Crippen molar-refractivity contribution in [3.8, 4) is 0 Å². The second-order valence-electron chi connectivity index (χ2n) is 7.41. The maximum Gasteiger partial charge on any atom is -0.0192 e. The Hall–Kier alpha value is -1.82. The zero-order valence-electron chi connectivity index (χ0n) is 17.2. The summed E-state index contributed by atoms with van der Waals surface area (Å²) in [6, 6.07) is 0. The molecule has 128 valence electrons. The first-order valence-electron chi connectivity index (χ1n) is 8.91. The van der Waals surface area contributed by atoms with Gasteiger partial charge in [-0.25, -0.2) is 0 Å². The van der Waals surface area contributed by atoms with E-state index < -0.39 is 0 Å². The molecule has 24 heavy (non-hydrogen) atoms. The smallest absolute Gasteiger partial charge is 0.0192 e. The molecule has 0 atom stereocenters. The maximum atomic E-state index is 2.33. The van der Waals surface area contributed by atoms with Crippen LogP contribution in [0.3, 0.4) is 0 Å². The summed E-state index contributed by atoms with van der Waals surface area (Å²) in [6.45, 7) is 22.4. The fraction of sp³-hybridized carbons (Fsp3) is 0.417. The second kappa shape index (κ2) is 6.59. The van der Waals surface area contributed by atoms with E-state index in [1.165, 1.54) is 66.8 Å². The average Bonchev–Trinajstić information content (AvgIpc) is 2.57. The molecule has 0 radical (unpaired) electrons. The normalized spacial score (nSPS) is 11.6. The number of benzene rings is 2. The van der Waals surface area contributed by atoms with E-state index in [1.807, 2.05) is 0 Å². The van der Waals surface area contributed by atoms with Crippen LogP contribution in [0.2, 0.25) is 0 Å². The van der Waals surface area contributed by atoms with Gasteiger partial charge in [0.15, 0.2) is 0 Å². The molecule has 0 aliphatic heterocycles. The van der Waals surface area contributed by atoms with Gasteiger partial charge in [-0.1, -0.05) is 12.2 Å². The van der Waals surface area contributed by atoms with Crippen LogP contribution < -0.4 is 0 Å². The fourth-order valence-electron chi connectivity index (χ4n) is 3.72. The van der Waals surface area contributed by atoms with Crippen molar-refractivity contribution in [2.75, 3.05) is 0 Å². The molecule has 0 saturated heterocycles. The van der Waals surface area contributed by atoms with Gasteiger partial charge in [0.2, 0.25) is 0 Å². The van der Waals surface area contributed by atoms with Gasteiger partial charge in [-0.15, -0.1) is 0 Å². The number of hydrogen-bond acceptors (Lipinski definition) is 0. The summed E-state index contributed by atoms with van der Waals surface area (Å²) >= 11 is 0. The topological polar surface area (TPSA) is 0 Å². The van der Waals surface area contributed by atoms with E-state index in [0.717, 1.165) is 0 Å². The van der Waals surface area contributed by atoms with Crippen molar-refractivity contribution in [1.29, 1.82) is 0 Å². The van der Waals surface area contributed by atoms with Crippen molar-refractivity contribution >= 4 is 12.2 Å². The van der Waals surface area contributed by atoms with Crippen molar-refractivity contribution in [3.63, 3.8) is 0 Å². The predicted molar refractivity (Wildman–Crippen MR) is 109 cm³/mol. The van der Waals surface area contributed by atoms with E-state index in [0.29, 0.717) is 0 Å². The Morgan fingerprint density at radius 3 is 0.667 bits per heavy atom. The molecule has 2 rings (SSSR count). The minimum Gasteiger partial charge on any atom is -0.0538 e. The molecule has 0 nitrogen and oxygen atoms in total. The highest BCUT2D eigenvalue weighted by atomic mass is 14.2. The van der Waals surface area contributed by atoms with Crippen LogP contribution >= 0.6 is 0 Å². The van der Waals surface area contributed by atoms with Crippen LogP contribution in [0.5, 0.6) is 0 Å². The average molecular weight is 321 g/mol. The Kier molecular flexibility index (Phi) is 5.08. The molecule has 0 aromatic heterocycles. The molecule has 0 spiro atoms.